The highest BCUT2D eigenvalue weighted by Crippen LogP contribution is 2.53. The van der Waals surface area contributed by atoms with E-state index in [9.17, 15) is 4.79 Å². The van der Waals surface area contributed by atoms with E-state index < -0.39 is 7.44 Å². The largest absolute Gasteiger partial charge is 0.459 e. The van der Waals surface area contributed by atoms with E-state index in [-0.39, 0.29) is 23.1 Å². The number of nitrogens with one attached hydrogen (secondary N) is 2. The van der Waals surface area contributed by atoms with Gasteiger partial charge in [0.25, 0.3) is 13.4 Å². The van der Waals surface area contributed by atoms with Crippen LogP contribution in [0, 0.1) is 0 Å². The molecule has 0 aliphatic carbocycles. The number of anilines is 3. The van der Waals surface area contributed by atoms with Crippen LogP contribution in [0.5, 0.6) is 0 Å². The Labute approximate surface area is 212 Å². The minimum absolute atomic E-state index is 0.176. The molecule has 2 aliphatic heterocycles. The van der Waals surface area contributed by atoms with Crippen molar-refractivity contribution >= 4 is 35.7 Å². The average molecular weight is 509 g/mol. The zero-order valence-electron chi connectivity index (χ0n) is 21.2. The summed E-state index contributed by atoms with van der Waals surface area (Å²) in [6.45, 7) is 8.60. The van der Waals surface area contributed by atoms with Crippen LogP contribution in [-0.2, 0) is 14.7 Å². The lowest BCUT2D eigenvalue weighted by Crippen LogP contribution is -2.40. The smallest absolute Gasteiger partial charge is 0.291 e. The Kier molecular flexibility index (Phi) is 6.45. The molecular weight excluding hydrogens is 475 g/mol. The summed E-state index contributed by atoms with van der Waals surface area (Å²) >= 11 is 0. The van der Waals surface area contributed by atoms with Gasteiger partial charge in [0.05, 0.1) is 30.5 Å². The molecule has 1 aromatic heterocycles. The molecule has 0 spiro atoms. The lowest BCUT2D eigenvalue weighted by atomic mass is 9.81. The van der Waals surface area contributed by atoms with Crippen molar-refractivity contribution in [1.82, 2.24) is 4.67 Å². The van der Waals surface area contributed by atoms with Gasteiger partial charge in [-0.15, -0.1) is 0 Å². The Hall–Kier alpha value is -3.06. The van der Waals surface area contributed by atoms with Crippen LogP contribution < -0.4 is 20.6 Å². The number of amides is 1. The maximum absolute atomic E-state index is 15.2. The average Bonchev–Trinajstić information content (AvgIpc) is 3.48. The molecule has 2 atom stereocenters. The van der Waals surface area contributed by atoms with Gasteiger partial charge in [0.2, 0.25) is 0 Å². The summed E-state index contributed by atoms with van der Waals surface area (Å²) in [4.78, 5) is 15.3. The number of benzene rings is 2. The van der Waals surface area contributed by atoms with Gasteiger partial charge in [0.1, 0.15) is 0 Å². The maximum atomic E-state index is 15.2. The first kappa shape index (κ1) is 24.6. The topological polar surface area (TPSA) is 87.0 Å². The number of rotatable bonds is 6. The number of carbonyl (C=O) groups excluding carboxylic acids is 1. The molecule has 0 unspecified atom stereocenters. The summed E-state index contributed by atoms with van der Waals surface area (Å²) in [7, 11) is -1.37. The molecule has 0 saturated carbocycles. The highest BCUT2D eigenvalue weighted by molar-refractivity contribution is 7.71. The number of ether oxygens (including phenoxy) is 1. The Balaban J connectivity index is 1.69. The third-order valence-electron chi connectivity index (χ3n) is 7.57. The van der Waals surface area contributed by atoms with Crippen LogP contribution in [0.15, 0.2) is 65.3 Å². The minimum Gasteiger partial charge on any atom is -0.459 e. The van der Waals surface area contributed by atoms with Crippen LogP contribution in [-0.4, -0.2) is 50.0 Å². The van der Waals surface area contributed by atoms with Gasteiger partial charge in [0, 0.05) is 43.0 Å². The molecule has 0 radical (unpaired) electrons. The SMILES string of the molecule is C[C@@H]1N(C)c2cc(NC(=O)c3ccco3)c([P@](=O)(Nc3ccccc3)N3CCOCC3)cc2C1(C)C. The minimum atomic E-state index is -3.43. The van der Waals surface area contributed by atoms with Crippen molar-refractivity contribution in [2.45, 2.75) is 32.2 Å². The fraction of sp³-hybridized carbons (Fsp3) is 0.370. The van der Waals surface area contributed by atoms with Gasteiger partial charge in [-0.1, -0.05) is 32.0 Å². The molecule has 190 valence electrons. The molecule has 3 heterocycles. The normalized spacial score (nSPS) is 21.0. The van der Waals surface area contributed by atoms with Gasteiger partial charge in [0.15, 0.2) is 5.76 Å². The maximum Gasteiger partial charge on any atom is 0.291 e. The van der Waals surface area contributed by atoms with Crippen molar-refractivity contribution in [3.8, 4) is 0 Å². The number of hydrogen-bond donors (Lipinski definition) is 2. The van der Waals surface area contributed by atoms with Crippen molar-refractivity contribution in [3.05, 3.63) is 72.2 Å². The van der Waals surface area contributed by atoms with Gasteiger partial charge in [-0.3, -0.25) is 9.36 Å². The Bertz CT molecular complexity index is 1290. The second kappa shape index (κ2) is 9.43. The molecule has 8 nitrogen and oxygen atoms in total. The first-order valence-corrected chi connectivity index (χ1v) is 13.9. The van der Waals surface area contributed by atoms with Crippen molar-refractivity contribution < 1.29 is 18.5 Å². The molecule has 5 rings (SSSR count). The lowest BCUT2D eigenvalue weighted by Gasteiger charge is -2.36. The molecule has 9 heteroatoms. The number of para-hydroxylation sites is 1. The second-order valence-electron chi connectivity index (χ2n) is 9.95. The summed E-state index contributed by atoms with van der Waals surface area (Å²) in [5.41, 5.74) is 3.20. The summed E-state index contributed by atoms with van der Waals surface area (Å²) in [6, 6.07) is 17.0. The van der Waals surface area contributed by atoms with Crippen molar-refractivity contribution in [2.24, 2.45) is 0 Å². The molecule has 2 aromatic carbocycles. The van der Waals surface area contributed by atoms with Crippen LogP contribution >= 0.6 is 7.44 Å². The number of fused-ring (bicyclic) bond motifs is 1. The first-order valence-electron chi connectivity index (χ1n) is 12.2. The highest BCUT2D eigenvalue weighted by atomic mass is 31.2. The van der Waals surface area contributed by atoms with Crippen LogP contribution in [0.2, 0.25) is 0 Å². The fourth-order valence-corrected chi connectivity index (χ4v) is 7.59. The van der Waals surface area contributed by atoms with E-state index in [4.69, 9.17) is 9.15 Å². The van der Waals surface area contributed by atoms with Crippen LogP contribution in [0.25, 0.3) is 0 Å². The summed E-state index contributed by atoms with van der Waals surface area (Å²) < 4.78 is 28.0. The molecular formula is C27H33N4O4P. The monoisotopic (exact) mass is 508 g/mol. The molecule has 3 aromatic rings. The zero-order valence-corrected chi connectivity index (χ0v) is 22.0. The van der Waals surface area contributed by atoms with Crippen molar-refractivity contribution in [2.75, 3.05) is 48.7 Å². The van der Waals surface area contributed by atoms with E-state index in [0.717, 1.165) is 16.9 Å². The van der Waals surface area contributed by atoms with Crippen LogP contribution in [0.3, 0.4) is 0 Å². The van der Waals surface area contributed by atoms with Gasteiger partial charge in [-0.2, -0.15) is 0 Å². The predicted molar refractivity (Wildman–Crippen MR) is 144 cm³/mol. The zero-order chi connectivity index (χ0) is 25.5. The third-order valence-corrected chi connectivity index (χ3v) is 10.4. The van der Waals surface area contributed by atoms with E-state index in [0.29, 0.717) is 37.3 Å². The second-order valence-corrected chi connectivity index (χ2v) is 12.4. The van der Waals surface area contributed by atoms with Gasteiger partial charge < -0.3 is 24.5 Å². The number of hydrogen-bond acceptors (Lipinski definition) is 5. The van der Waals surface area contributed by atoms with E-state index >= 15 is 4.57 Å². The molecule has 1 amide bonds. The third kappa shape index (κ3) is 4.23. The number of furan rings is 1. The molecule has 2 N–H and O–H groups in total. The fourth-order valence-electron chi connectivity index (χ4n) is 5.05. The van der Waals surface area contributed by atoms with E-state index in [1.165, 1.54) is 6.26 Å². The lowest BCUT2D eigenvalue weighted by molar-refractivity contribution is 0.0729. The van der Waals surface area contributed by atoms with Crippen LogP contribution in [0.4, 0.5) is 17.1 Å². The number of nitrogens with zero attached hydrogens (tertiary/aromatic N) is 2. The Morgan fingerprint density at radius 2 is 1.81 bits per heavy atom. The first-order chi connectivity index (χ1) is 17.2. The quantitative estimate of drug-likeness (QED) is 0.458. The standard InChI is InChI=1S/C27H33N4O4P/c1-19-27(2,3)21-17-25(22(18-23(21)30(19)4)28-26(32)24-11-8-14-35-24)36(33,31-12-15-34-16-13-31)29-20-9-6-5-7-10-20/h5-11,14,17-19H,12-13,15-16H2,1-4H3,(H,28,32)(H,29,33)/t19-,36-/m0/s1. The van der Waals surface area contributed by atoms with E-state index in [2.05, 4.69) is 43.1 Å². The van der Waals surface area contributed by atoms with Crippen LogP contribution in [0.1, 0.15) is 36.9 Å². The summed E-state index contributed by atoms with van der Waals surface area (Å²) in [5.74, 6) is -0.192. The highest BCUT2D eigenvalue weighted by Gasteiger charge is 2.44. The summed E-state index contributed by atoms with van der Waals surface area (Å²) in [6.07, 6.45) is 1.46. The van der Waals surface area contributed by atoms with Gasteiger partial charge in [-0.25, -0.2) is 4.67 Å². The van der Waals surface area contributed by atoms with Gasteiger partial charge in [-0.05, 0) is 48.9 Å². The number of likely N-dealkylation sites (N-methyl/N-ethyl adjacent to an activating group) is 1. The van der Waals surface area contributed by atoms with E-state index in [1.807, 2.05) is 47.1 Å². The summed E-state index contributed by atoms with van der Waals surface area (Å²) in [5, 5.41) is 6.95. The molecule has 2 aliphatic rings. The van der Waals surface area contributed by atoms with Gasteiger partial charge >= 0.3 is 0 Å². The number of carbonyl (C=O) groups is 1. The van der Waals surface area contributed by atoms with Crippen molar-refractivity contribution in [3.63, 3.8) is 0 Å². The molecule has 0 bridgehead atoms. The molecule has 1 saturated heterocycles. The molecule has 36 heavy (non-hydrogen) atoms. The number of morpholine rings is 1. The van der Waals surface area contributed by atoms with Crippen molar-refractivity contribution in [1.29, 1.82) is 0 Å². The predicted octanol–water partition coefficient (Wildman–Crippen LogP) is 4.91. The molecule has 1 fully saturated rings. The van der Waals surface area contributed by atoms with E-state index in [1.54, 1.807) is 12.1 Å². The Morgan fingerprint density at radius 3 is 2.47 bits per heavy atom. The Morgan fingerprint density at radius 1 is 1.08 bits per heavy atom.